The van der Waals surface area contributed by atoms with Gasteiger partial charge in [0, 0.05) is 11.2 Å². The highest BCUT2D eigenvalue weighted by Gasteiger charge is 2.41. The zero-order valence-corrected chi connectivity index (χ0v) is 7.86. The first-order valence-corrected chi connectivity index (χ1v) is 5.16. The number of halogens is 1. The maximum Gasteiger partial charge on any atom is 0.304 e. The van der Waals surface area contributed by atoms with Crippen molar-refractivity contribution in [3.8, 4) is 0 Å². The molecule has 1 N–H and O–H groups in total. The molecule has 1 fully saturated rings. The van der Waals surface area contributed by atoms with E-state index in [4.69, 9.17) is 5.11 Å². The van der Waals surface area contributed by atoms with Gasteiger partial charge in [-0.2, -0.15) is 11.8 Å². The highest BCUT2D eigenvalue weighted by atomic mass is 32.2. The molecule has 0 spiro atoms. The molecule has 0 aliphatic carbocycles. The predicted molar refractivity (Wildman–Crippen MR) is 47.2 cm³/mol. The Hall–Kier alpha value is -0.250. The van der Waals surface area contributed by atoms with Gasteiger partial charge in [0.05, 0.1) is 6.42 Å². The molecule has 0 bridgehead atoms. The molecule has 12 heavy (non-hydrogen) atoms. The van der Waals surface area contributed by atoms with Gasteiger partial charge < -0.3 is 5.11 Å². The standard InChI is InChI=1S/C8H13FO2S/c1-6(9)8(4-7(10)11)2-3-12-5-8/h6H,2-5H2,1H3,(H,10,11). The highest BCUT2D eigenvalue weighted by molar-refractivity contribution is 7.99. The Morgan fingerprint density at radius 3 is 2.83 bits per heavy atom. The minimum Gasteiger partial charge on any atom is -0.481 e. The van der Waals surface area contributed by atoms with Crippen LogP contribution in [0.15, 0.2) is 0 Å². The Morgan fingerprint density at radius 1 is 1.83 bits per heavy atom. The summed E-state index contributed by atoms with van der Waals surface area (Å²) < 4.78 is 13.1. The SMILES string of the molecule is CC(F)C1(CC(=O)O)CCSC1. The molecule has 1 aliphatic rings. The van der Waals surface area contributed by atoms with Crippen LogP contribution in [0.25, 0.3) is 0 Å². The third kappa shape index (κ3) is 1.91. The lowest BCUT2D eigenvalue weighted by molar-refractivity contribution is -0.140. The molecule has 1 aliphatic heterocycles. The summed E-state index contributed by atoms with van der Waals surface area (Å²) in [5, 5.41) is 8.61. The fourth-order valence-electron chi connectivity index (χ4n) is 1.52. The number of rotatable bonds is 3. The number of alkyl halides is 1. The van der Waals surface area contributed by atoms with Crippen LogP contribution < -0.4 is 0 Å². The van der Waals surface area contributed by atoms with E-state index >= 15 is 0 Å². The third-order valence-electron chi connectivity index (χ3n) is 2.48. The van der Waals surface area contributed by atoms with Gasteiger partial charge in [0.15, 0.2) is 0 Å². The molecule has 0 saturated carbocycles. The molecule has 1 rings (SSSR count). The van der Waals surface area contributed by atoms with Gasteiger partial charge in [0.2, 0.25) is 0 Å². The van der Waals surface area contributed by atoms with Gasteiger partial charge in [0.1, 0.15) is 6.17 Å². The van der Waals surface area contributed by atoms with Crippen LogP contribution in [-0.2, 0) is 4.79 Å². The van der Waals surface area contributed by atoms with Crippen molar-refractivity contribution in [2.75, 3.05) is 11.5 Å². The zero-order valence-electron chi connectivity index (χ0n) is 7.05. The van der Waals surface area contributed by atoms with Crippen LogP contribution in [0.5, 0.6) is 0 Å². The second-order valence-corrected chi connectivity index (χ2v) is 4.46. The van der Waals surface area contributed by atoms with Crippen LogP contribution in [0.4, 0.5) is 4.39 Å². The highest BCUT2D eigenvalue weighted by Crippen LogP contribution is 2.43. The van der Waals surface area contributed by atoms with Crippen molar-refractivity contribution >= 4 is 17.7 Å². The lowest BCUT2D eigenvalue weighted by atomic mass is 9.80. The molecule has 1 heterocycles. The van der Waals surface area contributed by atoms with Crippen LogP contribution in [0.2, 0.25) is 0 Å². The van der Waals surface area contributed by atoms with Crippen molar-refractivity contribution < 1.29 is 14.3 Å². The monoisotopic (exact) mass is 192 g/mol. The van der Waals surface area contributed by atoms with Gasteiger partial charge >= 0.3 is 5.97 Å². The van der Waals surface area contributed by atoms with Gasteiger partial charge in [-0.25, -0.2) is 4.39 Å². The topological polar surface area (TPSA) is 37.3 Å². The molecular formula is C8H13FO2S. The van der Waals surface area contributed by atoms with E-state index in [1.807, 2.05) is 0 Å². The Kier molecular flexibility index (Phi) is 2.99. The number of carboxylic acid groups (broad SMARTS) is 1. The average molecular weight is 192 g/mol. The molecule has 4 heteroatoms. The van der Waals surface area contributed by atoms with Crippen LogP contribution >= 0.6 is 11.8 Å². The fourth-order valence-corrected chi connectivity index (χ4v) is 3.10. The first-order chi connectivity index (χ1) is 5.57. The second kappa shape index (κ2) is 3.64. The van der Waals surface area contributed by atoms with Crippen molar-refractivity contribution in [3.05, 3.63) is 0 Å². The van der Waals surface area contributed by atoms with Gasteiger partial charge in [0.25, 0.3) is 0 Å². The van der Waals surface area contributed by atoms with E-state index in [1.165, 1.54) is 6.92 Å². The van der Waals surface area contributed by atoms with E-state index in [0.29, 0.717) is 12.2 Å². The van der Waals surface area contributed by atoms with Crippen molar-refractivity contribution in [1.82, 2.24) is 0 Å². The van der Waals surface area contributed by atoms with Crippen molar-refractivity contribution in [3.63, 3.8) is 0 Å². The summed E-state index contributed by atoms with van der Waals surface area (Å²) in [5.41, 5.74) is -0.587. The maximum absolute atomic E-state index is 13.1. The lowest BCUT2D eigenvalue weighted by Gasteiger charge is -2.27. The van der Waals surface area contributed by atoms with E-state index < -0.39 is 17.6 Å². The van der Waals surface area contributed by atoms with Crippen LogP contribution in [-0.4, -0.2) is 28.8 Å². The van der Waals surface area contributed by atoms with Gasteiger partial charge in [-0.1, -0.05) is 0 Å². The van der Waals surface area contributed by atoms with Crippen molar-refractivity contribution in [1.29, 1.82) is 0 Å². The van der Waals surface area contributed by atoms with Gasteiger partial charge in [-0.15, -0.1) is 0 Å². The van der Waals surface area contributed by atoms with Crippen LogP contribution in [0.3, 0.4) is 0 Å². The number of hydrogen-bond acceptors (Lipinski definition) is 2. The minimum atomic E-state index is -1.01. The zero-order chi connectivity index (χ0) is 9.19. The summed E-state index contributed by atoms with van der Waals surface area (Å²) in [4.78, 5) is 10.5. The second-order valence-electron chi connectivity index (χ2n) is 3.35. The molecule has 0 aromatic carbocycles. The molecular weight excluding hydrogens is 179 g/mol. The number of hydrogen-bond donors (Lipinski definition) is 1. The number of aliphatic carboxylic acids is 1. The lowest BCUT2D eigenvalue weighted by Crippen LogP contribution is -2.32. The van der Waals surface area contributed by atoms with E-state index in [9.17, 15) is 9.18 Å². The number of carboxylic acids is 1. The molecule has 0 radical (unpaired) electrons. The van der Waals surface area contributed by atoms with E-state index in [-0.39, 0.29) is 6.42 Å². The normalized spacial score (nSPS) is 31.8. The predicted octanol–water partition coefficient (Wildman–Crippen LogP) is 1.94. The maximum atomic E-state index is 13.1. The van der Waals surface area contributed by atoms with Crippen molar-refractivity contribution in [2.24, 2.45) is 5.41 Å². The summed E-state index contributed by atoms with van der Waals surface area (Å²) in [5.74, 6) is 0.653. The molecule has 2 nitrogen and oxygen atoms in total. The van der Waals surface area contributed by atoms with Crippen LogP contribution in [0.1, 0.15) is 19.8 Å². The molecule has 2 unspecified atom stereocenters. The molecule has 70 valence electrons. The quantitative estimate of drug-likeness (QED) is 0.742. The van der Waals surface area contributed by atoms with E-state index in [0.717, 1.165) is 5.75 Å². The number of thioether (sulfide) groups is 1. The molecule has 0 aromatic rings. The Balaban J connectivity index is 2.65. The third-order valence-corrected chi connectivity index (χ3v) is 3.75. The Bertz CT molecular complexity index is 176. The first-order valence-electron chi connectivity index (χ1n) is 4.00. The summed E-state index contributed by atoms with van der Waals surface area (Å²) in [6.07, 6.45) is -0.345. The van der Waals surface area contributed by atoms with E-state index in [2.05, 4.69) is 0 Å². The fraction of sp³-hybridized carbons (Fsp3) is 0.875. The smallest absolute Gasteiger partial charge is 0.304 e. The summed E-state index contributed by atoms with van der Waals surface area (Å²) in [6.45, 7) is 1.47. The van der Waals surface area contributed by atoms with Crippen molar-refractivity contribution in [2.45, 2.75) is 25.9 Å². The molecule has 2 atom stereocenters. The summed E-state index contributed by atoms with van der Waals surface area (Å²) >= 11 is 1.65. The van der Waals surface area contributed by atoms with Gasteiger partial charge in [-0.05, 0) is 19.1 Å². The molecule has 0 aromatic heterocycles. The summed E-state index contributed by atoms with van der Waals surface area (Å²) in [7, 11) is 0. The Labute approximate surface area is 75.5 Å². The molecule has 1 saturated heterocycles. The molecule has 0 amide bonds. The average Bonchev–Trinajstić information content (AvgIpc) is 2.35. The summed E-state index contributed by atoms with van der Waals surface area (Å²) in [6, 6.07) is 0. The van der Waals surface area contributed by atoms with E-state index in [1.54, 1.807) is 11.8 Å². The first kappa shape index (κ1) is 9.84. The van der Waals surface area contributed by atoms with Gasteiger partial charge in [-0.3, -0.25) is 4.79 Å². The Morgan fingerprint density at radius 2 is 2.50 bits per heavy atom. The minimum absolute atomic E-state index is 0.0301. The number of carbonyl (C=O) groups is 1. The van der Waals surface area contributed by atoms with Crippen LogP contribution in [0, 0.1) is 5.41 Å². The largest absolute Gasteiger partial charge is 0.481 e.